The lowest BCUT2D eigenvalue weighted by atomic mass is 10.0. The Morgan fingerprint density at radius 2 is 0.610 bits per heavy atom. The molecule has 59 heavy (non-hydrogen) atoms. The minimum Gasteiger partial charge on any atom is -0.462 e. The summed E-state index contributed by atoms with van der Waals surface area (Å²) in [6, 6.07) is 0. The molecular formula is C53H96O6. The molecule has 0 aromatic heterocycles. The van der Waals surface area contributed by atoms with Gasteiger partial charge in [-0.1, -0.05) is 205 Å². The van der Waals surface area contributed by atoms with Crippen molar-refractivity contribution in [3.05, 3.63) is 36.5 Å². The summed E-state index contributed by atoms with van der Waals surface area (Å²) in [4.78, 5) is 37.9. The number of rotatable bonds is 46. The second-order valence-corrected chi connectivity index (χ2v) is 17.1. The van der Waals surface area contributed by atoms with Gasteiger partial charge in [0, 0.05) is 19.3 Å². The van der Waals surface area contributed by atoms with E-state index < -0.39 is 6.10 Å². The molecule has 0 amide bonds. The van der Waals surface area contributed by atoms with Crippen LogP contribution in [-0.2, 0) is 28.6 Å². The lowest BCUT2D eigenvalue weighted by molar-refractivity contribution is -0.167. The van der Waals surface area contributed by atoms with Crippen LogP contribution in [0.2, 0.25) is 0 Å². The molecular weight excluding hydrogens is 733 g/mol. The molecule has 0 aliphatic carbocycles. The number of ether oxygens (including phenoxy) is 3. The molecule has 1 atom stereocenters. The van der Waals surface area contributed by atoms with Gasteiger partial charge in [0.1, 0.15) is 13.2 Å². The van der Waals surface area contributed by atoms with E-state index in [0.29, 0.717) is 19.3 Å². The summed E-state index contributed by atoms with van der Waals surface area (Å²) in [6.45, 7) is 6.59. The molecule has 344 valence electrons. The van der Waals surface area contributed by atoms with Crippen LogP contribution in [0.25, 0.3) is 0 Å². The molecule has 6 nitrogen and oxygen atoms in total. The zero-order chi connectivity index (χ0) is 43.0. The van der Waals surface area contributed by atoms with Crippen LogP contribution in [0.4, 0.5) is 0 Å². The molecule has 0 saturated heterocycles. The maximum absolute atomic E-state index is 12.8. The van der Waals surface area contributed by atoms with Gasteiger partial charge in [-0.3, -0.25) is 14.4 Å². The monoisotopic (exact) mass is 829 g/mol. The van der Waals surface area contributed by atoms with E-state index in [4.69, 9.17) is 14.2 Å². The highest BCUT2D eigenvalue weighted by molar-refractivity contribution is 5.71. The smallest absolute Gasteiger partial charge is 0.306 e. The highest BCUT2D eigenvalue weighted by atomic mass is 16.6. The molecule has 0 aliphatic rings. The summed E-state index contributed by atoms with van der Waals surface area (Å²) >= 11 is 0. The van der Waals surface area contributed by atoms with Crippen molar-refractivity contribution in [2.24, 2.45) is 0 Å². The second kappa shape index (κ2) is 48.3. The number of unbranched alkanes of at least 4 members (excludes halogenated alkanes) is 29. The van der Waals surface area contributed by atoms with Crippen LogP contribution in [-0.4, -0.2) is 37.2 Å². The van der Waals surface area contributed by atoms with Crippen LogP contribution in [0.15, 0.2) is 36.5 Å². The molecule has 0 aliphatic heterocycles. The number of allylic oxidation sites excluding steroid dienone is 6. The maximum atomic E-state index is 12.8. The molecule has 0 aromatic rings. The minimum absolute atomic E-state index is 0.0773. The Labute approximate surface area is 365 Å². The number of esters is 3. The number of hydrogen-bond donors (Lipinski definition) is 0. The van der Waals surface area contributed by atoms with Gasteiger partial charge < -0.3 is 14.2 Å². The summed E-state index contributed by atoms with van der Waals surface area (Å²) in [5, 5.41) is 0. The number of carbonyl (C=O) groups is 3. The molecule has 0 saturated carbocycles. The fourth-order valence-corrected chi connectivity index (χ4v) is 7.23. The largest absolute Gasteiger partial charge is 0.462 e. The summed E-state index contributed by atoms with van der Waals surface area (Å²) in [5.74, 6) is -0.892. The predicted molar refractivity (Wildman–Crippen MR) is 252 cm³/mol. The number of hydrogen-bond acceptors (Lipinski definition) is 6. The zero-order valence-corrected chi connectivity index (χ0v) is 39.3. The van der Waals surface area contributed by atoms with E-state index in [1.165, 1.54) is 135 Å². The minimum atomic E-state index is -0.777. The van der Waals surface area contributed by atoms with E-state index in [9.17, 15) is 14.4 Å². The maximum Gasteiger partial charge on any atom is 0.306 e. The molecule has 0 heterocycles. The molecule has 0 fully saturated rings. The third-order valence-electron chi connectivity index (χ3n) is 11.1. The van der Waals surface area contributed by atoms with Gasteiger partial charge in [-0.05, 0) is 77.0 Å². The average molecular weight is 829 g/mol. The Morgan fingerprint density at radius 1 is 0.339 bits per heavy atom. The van der Waals surface area contributed by atoms with Gasteiger partial charge in [0.2, 0.25) is 0 Å². The van der Waals surface area contributed by atoms with Crippen molar-refractivity contribution >= 4 is 17.9 Å². The first-order valence-corrected chi connectivity index (χ1v) is 25.5. The van der Waals surface area contributed by atoms with E-state index in [1.54, 1.807) is 0 Å². The molecule has 0 aromatic carbocycles. The highest BCUT2D eigenvalue weighted by Gasteiger charge is 2.19. The molecule has 0 spiro atoms. The van der Waals surface area contributed by atoms with E-state index in [2.05, 4.69) is 57.2 Å². The van der Waals surface area contributed by atoms with Gasteiger partial charge in [-0.2, -0.15) is 0 Å². The van der Waals surface area contributed by atoms with Crippen LogP contribution in [0.1, 0.15) is 265 Å². The topological polar surface area (TPSA) is 78.9 Å². The molecule has 0 N–H and O–H groups in total. The number of carbonyl (C=O) groups excluding carboxylic acids is 3. The molecule has 0 bridgehead atoms. The van der Waals surface area contributed by atoms with Crippen LogP contribution in [0.5, 0.6) is 0 Å². The van der Waals surface area contributed by atoms with Gasteiger partial charge in [0.05, 0.1) is 0 Å². The van der Waals surface area contributed by atoms with E-state index in [1.807, 2.05) is 0 Å². The van der Waals surface area contributed by atoms with Crippen LogP contribution >= 0.6 is 0 Å². The lowest BCUT2D eigenvalue weighted by Gasteiger charge is -2.18. The summed E-state index contributed by atoms with van der Waals surface area (Å²) < 4.78 is 16.8. The van der Waals surface area contributed by atoms with E-state index in [0.717, 1.165) is 89.9 Å². The van der Waals surface area contributed by atoms with Gasteiger partial charge in [-0.25, -0.2) is 0 Å². The summed E-state index contributed by atoms with van der Waals surface area (Å²) in [7, 11) is 0. The fraction of sp³-hybridized carbons (Fsp3) is 0.830. The molecule has 6 heteroatoms. The van der Waals surface area contributed by atoms with Crippen molar-refractivity contribution in [2.75, 3.05) is 13.2 Å². The van der Waals surface area contributed by atoms with Gasteiger partial charge in [-0.15, -0.1) is 0 Å². The van der Waals surface area contributed by atoms with Crippen molar-refractivity contribution in [2.45, 2.75) is 271 Å². The standard InChI is InChI=1S/C53H96O6/c1-4-7-10-13-16-19-22-25-26-29-31-34-37-40-43-46-52(55)58-49-50(59-53(56)47-44-41-38-35-32-28-24-21-18-15-12-9-6-3)48-57-51(54)45-42-39-36-33-30-27-23-20-17-14-11-8-5-2/h16,19,21,24-26,50H,4-15,17-18,20,22-23,27-49H2,1-3H3/b19-16-,24-21-,26-25-. The van der Waals surface area contributed by atoms with E-state index in [-0.39, 0.29) is 31.1 Å². The van der Waals surface area contributed by atoms with Gasteiger partial charge in [0.25, 0.3) is 0 Å². The van der Waals surface area contributed by atoms with E-state index >= 15 is 0 Å². The zero-order valence-electron chi connectivity index (χ0n) is 39.3. The van der Waals surface area contributed by atoms with Crippen LogP contribution < -0.4 is 0 Å². The SMILES string of the molecule is CCCCC/C=C\C/C=C\CCCCCCCC(=O)OCC(COC(=O)CCCCCCCCCCCCCCC)OC(=O)CCCCCCC/C=C\CCCCCC. The molecule has 0 radical (unpaired) electrons. The van der Waals surface area contributed by atoms with Gasteiger partial charge >= 0.3 is 17.9 Å². The normalized spacial score (nSPS) is 12.3. The predicted octanol–water partition coefficient (Wildman–Crippen LogP) is 16.5. The Kier molecular flexibility index (Phi) is 46.4. The van der Waals surface area contributed by atoms with Gasteiger partial charge in [0.15, 0.2) is 6.10 Å². The average Bonchev–Trinajstić information content (AvgIpc) is 3.23. The lowest BCUT2D eigenvalue weighted by Crippen LogP contribution is -2.30. The Balaban J connectivity index is 4.39. The Bertz CT molecular complexity index is 1000. The highest BCUT2D eigenvalue weighted by Crippen LogP contribution is 2.15. The third kappa shape index (κ3) is 46.5. The summed E-state index contributed by atoms with van der Waals surface area (Å²) in [5.41, 5.74) is 0. The molecule has 0 rings (SSSR count). The first kappa shape index (κ1) is 56.6. The second-order valence-electron chi connectivity index (χ2n) is 17.1. The van der Waals surface area contributed by atoms with Crippen molar-refractivity contribution in [1.82, 2.24) is 0 Å². The Hall–Kier alpha value is -2.37. The van der Waals surface area contributed by atoms with Crippen molar-refractivity contribution < 1.29 is 28.6 Å². The first-order chi connectivity index (χ1) is 29.0. The van der Waals surface area contributed by atoms with Crippen LogP contribution in [0, 0.1) is 0 Å². The Morgan fingerprint density at radius 3 is 1.00 bits per heavy atom. The van der Waals surface area contributed by atoms with Crippen LogP contribution in [0.3, 0.4) is 0 Å². The molecule has 1 unspecified atom stereocenters. The quantitative estimate of drug-likeness (QED) is 0.0263. The van der Waals surface area contributed by atoms with Crippen molar-refractivity contribution in [3.8, 4) is 0 Å². The first-order valence-electron chi connectivity index (χ1n) is 25.5. The fourth-order valence-electron chi connectivity index (χ4n) is 7.23. The third-order valence-corrected chi connectivity index (χ3v) is 11.1. The summed E-state index contributed by atoms with van der Waals surface area (Å²) in [6.07, 6.45) is 55.5. The van der Waals surface area contributed by atoms with Crippen molar-refractivity contribution in [1.29, 1.82) is 0 Å². The van der Waals surface area contributed by atoms with Crippen molar-refractivity contribution in [3.63, 3.8) is 0 Å².